The topological polar surface area (TPSA) is 33.7 Å². The minimum absolute atomic E-state index is 0.780. The van der Waals surface area contributed by atoms with Crippen LogP contribution in [0.4, 0.5) is 11.4 Å². The summed E-state index contributed by atoms with van der Waals surface area (Å²) in [6.45, 7) is 1.85. The van der Waals surface area contributed by atoms with E-state index < -0.39 is 0 Å². The molecule has 2 aromatic carbocycles. The summed E-state index contributed by atoms with van der Waals surface area (Å²) in [6, 6.07) is 12.4. The quantitative estimate of drug-likeness (QED) is 0.940. The molecule has 1 aliphatic rings. The summed E-state index contributed by atoms with van der Waals surface area (Å²) in [5, 5.41) is 3.42. The number of nitrogens with zero attached hydrogens (tertiary/aromatic N) is 1. The van der Waals surface area contributed by atoms with Crippen LogP contribution in [0.25, 0.3) is 0 Å². The van der Waals surface area contributed by atoms with E-state index in [0.717, 1.165) is 42.4 Å². The highest BCUT2D eigenvalue weighted by atomic mass is 16.5. The fourth-order valence-corrected chi connectivity index (χ4v) is 3.07. The molecule has 0 radical (unpaired) electrons. The first-order valence-electron chi connectivity index (χ1n) is 7.52. The Bertz CT molecular complexity index is 642. The van der Waals surface area contributed by atoms with E-state index in [0.29, 0.717) is 0 Å². The lowest BCUT2D eigenvalue weighted by Gasteiger charge is -2.30. The van der Waals surface area contributed by atoms with Gasteiger partial charge in [-0.3, -0.25) is 0 Å². The Morgan fingerprint density at radius 1 is 1.09 bits per heavy atom. The van der Waals surface area contributed by atoms with Crippen molar-refractivity contribution in [3.63, 3.8) is 0 Å². The Balaban J connectivity index is 2.19. The summed E-state index contributed by atoms with van der Waals surface area (Å²) in [5.41, 5.74) is 4.85. The second kappa shape index (κ2) is 6.28. The second-order valence-electron chi connectivity index (χ2n) is 5.42. The highest BCUT2D eigenvalue weighted by Gasteiger charge is 2.24. The van der Waals surface area contributed by atoms with Gasteiger partial charge in [0.2, 0.25) is 0 Å². The van der Waals surface area contributed by atoms with Crippen LogP contribution >= 0.6 is 0 Å². The van der Waals surface area contributed by atoms with Crippen LogP contribution in [-0.4, -0.2) is 27.8 Å². The van der Waals surface area contributed by atoms with E-state index in [1.54, 1.807) is 14.2 Å². The first-order valence-corrected chi connectivity index (χ1v) is 7.52. The molecule has 0 saturated heterocycles. The summed E-state index contributed by atoms with van der Waals surface area (Å²) < 4.78 is 11.2. The van der Waals surface area contributed by atoms with Gasteiger partial charge in [0.05, 0.1) is 19.9 Å². The molecule has 0 aromatic heterocycles. The molecule has 1 heterocycles. The highest BCUT2D eigenvalue weighted by Crippen LogP contribution is 2.45. The first-order chi connectivity index (χ1) is 10.8. The molecule has 4 nitrogen and oxygen atoms in total. The van der Waals surface area contributed by atoms with Crippen molar-refractivity contribution in [3.8, 4) is 11.5 Å². The van der Waals surface area contributed by atoms with E-state index in [9.17, 15) is 0 Å². The first kappa shape index (κ1) is 14.7. The monoisotopic (exact) mass is 298 g/mol. The van der Waals surface area contributed by atoms with Crippen molar-refractivity contribution in [3.05, 3.63) is 47.5 Å². The summed E-state index contributed by atoms with van der Waals surface area (Å²) in [7, 11) is 5.47. The largest absolute Gasteiger partial charge is 0.493 e. The number of hydrogen-bond acceptors (Lipinski definition) is 4. The van der Waals surface area contributed by atoms with Gasteiger partial charge in [-0.25, -0.2) is 0 Å². The second-order valence-corrected chi connectivity index (χ2v) is 5.42. The fourth-order valence-electron chi connectivity index (χ4n) is 3.07. The molecular formula is C18H22N2O2. The molecule has 0 bridgehead atoms. The molecule has 4 heteroatoms. The van der Waals surface area contributed by atoms with Crippen molar-refractivity contribution in [1.82, 2.24) is 5.32 Å². The minimum Gasteiger partial charge on any atom is -0.493 e. The number of methoxy groups -OCH3 is 2. The predicted octanol–water partition coefficient (Wildman–Crippen LogP) is 3.12. The van der Waals surface area contributed by atoms with Crippen molar-refractivity contribution in [1.29, 1.82) is 0 Å². The molecule has 3 rings (SSSR count). The summed E-state index contributed by atoms with van der Waals surface area (Å²) in [6.07, 6.45) is 0.988. The number of rotatable bonds is 4. The Morgan fingerprint density at radius 3 is 2.55 bits per heavy atom. The maximum Gasteiger partial charge on any atom is 0.184 e. The van der Waals surface area contributed by atoms with Crippen LogP contribution < -0.4 is 19.7 Å². The Kier molecular flexibility index (Phi) is 4.20. The number of anilines is 2. The molecular weight excluding hydrogens is 276 g/mol. The number of ether oxygens (including phenoxy) is 2. The van der Waals surface area contributed by atoms with Crippen LogP contribution in [0.3, 0.4) is 0 Å². The molecule has 0 atom stereocenters. The molecule has 0 fully saturated rings. The lowest BCUT2D eigenvalue weighted by molar-refractivity contribution is 0.354. The summed E-state index contributed by atoms with van der Waals surface area (Å²) >= 11 is 0. The number of fused-ring (bicyclic) bond motifs is 1. The van der Waals surface area contributed by atoms with Crippen LogP contribution in [0.1, 0.15) is 11.1 Å². The minimum atomic E-state index is 0.780. The number of nitrogens with one attached hydrogen (secondary N) is 1. The Morgan fingerprint density at radius 2 is 1.86 bits per heavy atom. The van der Waals surface area contributed by atoms with Gasteiger partial charge in [0.1, 0.15) is 0 Å². The van der Waals surface area contributed by atoms with E-state index in [1.807, 2.05) is 18.2 Å². The van der Waals surface area contributed by atoms with Crippen molar-refractivity contribution >= 4 is 11.4 Å². The van der Waals surface area contributed by atoms with Crippen molar-refractivity contribution in [2.24, 2.45) is 0 Å². The lowest BCUT2D eigenvalue weighted by atomic mass is 9.96. The molecule has 116 valence electrons. The molecule has 22 heavy (non-hydrogen) atoms. The molecule has 0 unspecified atom stereocenters. The third kappa shape index (κ3) is 2.50. The van der Waals surface area contributed by atoms with E-state index in [-0.39, 0.29) is 0 Å². The smallest absolute Gasteiger partial charge is 0.184 e. The average molecular weight is 298 g/mol. The zero-order chi connectivity index (χ0) is 15.5. The molecule has 0 aliphatic carbocycles. The van der Waals surface area contributed by atoms with Crippen LogP contribution in [-0.2, 0) is 13.0 Å². The van der Waals surface area contributed by atoms with Gasteiger partial charge in [-0.05, 0) is 42.3 Å². The van der Waals surface area contributed by atoms with Crippen LogP contribution in [0.5, 0.6) is 11.5 Å². The van der Waals surface area contributed by atoms with E-state index >= 15 is 0 Å². The Hall–Kier alpha value is -2.20. The average Bonchev–Trinajstić information content (AvgIpc) is 2.60. The number of benzene rings is 2. The lowest BCUT2D eigenvalue weighted by Crippen LogP contribution is -2.26. The fraction of sp³-hybridized carbons (Fsp3) is 0.333. The zero-order valence-electron chi connectivity index (χ0n) is 13.3. The normalized spacial score (nSPS) is 13.4. The highest BCUT2D eigenvalue weighted by molar-refractivity contribution is 5.77. The van der Waals surface area contributed by atoms with E-state index in [2.05, 4.69) is 35.5 Å². The Labute approximate surface area is 131 Å². The molecule has 1 N–H and O–H groups in total. The van der Waals surface area contributed by atoms with E-state index in [4.69, 9.17) is 9.47 Å². The summed E-state index contributed by atoms with van der Waals surface area (Å²) in [4.78, 5) is 2.19. The van der Waals surface area contributed by atoms with Gasteiger partial charge < -0.3 is 19.7 Å². The van der Waals surface area contributed by atoms with Crippen molar-refractivity contribution < 1.29 is 9.47 Å². The van der Waals surface area contributed by atoms with Crippen LogP contribution in [0, 0.1) is 0 Å². The van der Waals surface area contributed by atoms with Gasteiger partial charge in [0, 0.05) is 19.3 Å². The van der Waals surface area contributed by atoms with Crippen molar-refractivity contribution in [2.75, 3.05) is 32.7 Å². The van der Waals surface area contributed by atoms with Crippen LogP contribution in [0.15, 0.2) is 36.4 Å². The molecule has 0 saturated carbocycles. The number of hydrogen-bond donors (Lipinski definition) is 1. The molecule has 1 aliphatic heterocycles. The predicted molar refractivity (Wildman–Crippen MR) is 89.5 cm³/mol. The number of para-hydroxylation sites is 1. The zero-order valence-corrected chi connectivity index (χ0v) is 13.3. The van der Waals surface area contributed by atoms with Gasteiger partial charge in [-0.1, -0.05) is 18.2 Å². The van der Waals surface area contributed by atoms with Gasteiger partial charge in [-0.15, -0.1) is 0 Å². The SMILES string of the molecule is COc1cc2c(c(N(C)c3ccccc3)c1OC)CCNC2. The molecule has 2 aromatic rings. The van der Waals surface area contributed by atoms with Gasteiger partial charge >= 0.3 is 0 Å². The maximum atomic E-state index is 5.69. The van der Waals surface area contributed by atoms with Gasteiger partial charge in [0.25, 0.3) is 0 Å². The van der Waals surface area contributed by atoms with Gasteiger partial charge in [-0.2, -0.15) is 0 Å². The maximum absolute atomic E-state index is 5.69. The third-order valence-electron chi connectivity index (χ3n) is 4.19. The third-order valence-corrected chi connectivity index (χ3v) is 4.19. The molecule has 0 amide bonds. The molecule has 0 spiro atoms. The van der Waals surface area contributed by atoms with Crippen LogP contribution in [0.2, 0.25) is 0 Å². The summed E-state index contributed by atoms with van der Waals surface area (Å²) in [5.74, 6) is 1.58. The standard InChI is InChI=1S/C18H22N2O2/c1-20(14-7-5-4-6-8-14)17-15-9-10-19-12-13(15)11-16(21-2)18(17)22-3/h4-8,11,19H,9-10,12H2,1-3H3. The van der Waals surface area contributed by atoms with Crippen molar-refractivity contribution in [2.45, 2.75) is 13.0 Å². The van der Waals surface area contributed by atoms with E-state index in [1.165, 1.54) is 11.1 Å². The van der Waals surface area contributed by atoms with Gasteiger partial charge in [0.15, 0.2) is 11.5 Å².